The molecule has 0 atom stereocenters. The number of imidazole rings is 1. The topological polar surface area (TPSA) is 69.6 Å². The highest BCUT2D eigenvalue weighted by atomic mass is 16.4. The summed E-state index contributed by atoms with van der Waals surface area (Å²) in [4.78, 5) is 9.15. The Bertz CT molecular complexity index is 1080. The second-order valence-electron chi connectivity index (χ2n) is 7.16. The lowest BCUT2D eigenvalue weighted by Gasteiger charge is -2.25. The summed E-state index contributed by atoms with van der Waals surface area (Å²) in [6.07, 6.45) is 9.94. The van der Waals surface area contributed by atoms with Gasteiger partial charge in [-0.3, -0.25) is 4.98 Å². The maximum absolute atomic E-state index is 5.59. The lowest BCUT2D eigenvalue weighted by atomic mass is 9.95. The first-order chi connectivity index (χ1) is 13.3. The number of rotatable bonds is 3. The van der Waals surface area contributed by atoms with Crippen LogP contribution >= 0.6 is 0 Å². The molecular weight excluding hydrogens is 338 g/mol. The van der Waals surface area contributed by atoms with E-state index in [-0.39, 0.29) is 0 Å². The molecule has 3 aromatic heterocycles. The SMILES string of the molecule is Cc1nnc(-c2ccc3c(c2)nc(-c2ccncc2)n3C2CCCCC2)o1. The minimum absolute atomic E-state index is 0.489. The second kappa shape index (κ2) is 6.61. The Balaban J connectivity index is 1.69. The molecule has 27 heavy (non-hydrogen) atoms. The average molecular weight is 359 g/mol. The third-order valence-corrected chi connectivity index (χ3v) is 5.34. The quantitative estimate of drug-likeness (QED) is 0.517. The van der Waals surface area contributed by atoms with Gasteiger partial charge in [-0.15, -0.1) is 10.2 Å². The Kier molecular flexibility index (Phi) is 3.96. The van der Waals surface area contributed by atoms with Crippen LogP contribution in [-0.4, -0.2) is 24.7 Å². The van der Waals surface area contributed by atoms with Gasteiger partial charge >= 0.3 is 0 Å². The molecule has 0 bridgehead atoms. The predicted molar refractivity (Wildman–Crippen MR) is 103 cm³/mol. The van der Waals surface area contributed by atoms with Gasteiger partial charge in [0, 0.05) is 36.5 Å². The Morgan fingerprint density at radius 1 is 0.963 bits per heavy atom. The highest BCUT2D eigenvalue weighted by molar-refractivity contribution is 5.84. The second-order valence-corrected chi connectivity index (χ2v) is 7.16. The van der Waals surface area contributed by atoms with Crippen LogP contribution in [0.15, 0.2) is 47.1 Å². The zero-order valence-corrected chi connectivity index (χ0v) is 15.3. The summed E-state index contributed by atoms with van der Waals surface area (Å²) in [7, 11) is 0. The molecule has 1 aliphatic carbocycles. The van der Waals surface area contributed by atoms with Crippen LogP contribution in [0.5, 0.6) is 0 Å². The van der Waals surface area contributed by atoms with Gasteiger partial charge in [0.15, 0.2) is 0 Å². The van der Waals surface area contributed by atoms with Gasteiger partial charge in [0.25, 0.3) is 0 Å². The molecule has 136 valence electrons. The Morgan fingerprint density at radius 3 is 2.52 bits per heavy atom. The summed E-state index contributed by atoms with van der Waals surface area (Å²) in [5.41, 5.74) is 4.12. The van der Waals surface area contributed by atoms with Crippen LogP contribution < -0.4 is 0 Å². The molecule has 6 heteroatoms. The van der Waals surface area contributed by atoms with Crippen molar-refractivity contribution in [3.63, 3.8) is 0 Å². The van der Waals surface area contributed by atoms with Crippen LogP contribution in [0.25, 0.3) is 33.9 Å². The first-order valence-corrected chi connectivity index (χ1v) is 9.52. The van der Waals surface area contributed by atoms with Gasteiger partial charge in [0.2, 0.25) is 11.8 Å². The molecule has 0 unspecified atom stereocenters. The van der Waals surface area contributed by atoms with E-state index in [1.54, 1.807) is 6.92 Å². The minimum atomic E-state index is 0.489. The van der Waals surface area contributed by atoms with E-state index in [2.05, 4.69) is 25.8 Å². The minimum Gasteiger partial charge on any atom is -0.421 e. The summed E-state index contributed by atoms with van der Waals surface area (Å²) in [5.74, 6) is 2.11. The van der Waals surface area contributed by atoms with Gasteiger partial charge in [-0.05, 0) is 43.2 Å². The lowest BCUT2D eigenvalue weighted by Crippen LogP contribution is -2.13. The Hall–Kier alpha value is -3.02. The van der Waals surface area contributed by atoms with Crippen molar-refractivity contribution in [1.29, 1.82) is 0 Å². The Morgan fingerprint density at radius 2 is 1.78 bits per heavy atom. The number of aromatic nitrogens is 5. The molecule has 5 rings (SSSR count). The van der Waals surface area contributed by atoms with Crippen LogP contribution in [0, 0.1) is 6.92 Å². The van der Waals surface area contributed by atoms with E-state index in [1.165, 1.54) is 32.1 Å². The molecule has 0 amide bonds. The van der Waals surface area contributed by atoms with E-state index in [9.17, 15) is 0 Å². The summed E-state index contributed by atoms with van der Waals surface area (Å²) < 4.78 is 8.01. The molecule has 1 aliphatic rings. The lowest BCUT2D eigenvalue weighted by molar-refractivity contribution is 0.362. The van der Waals surface area contributed by atoms with Crippen molar-refractivity contribution < 1.29 is 4.42 Å². The third kappa shape index (κ3) is 2.91. The molecule has 0 aliphatic heterocycles. The van der Waals surface area contributed by atoms with Crippen molar-refractivity contribution >= 4 is 11.0 Å². The molecule has 0 radical (unpaired) electrons. The van der Waals surface area contributed by atoms with Gasteiger partial charge in [-0.25, -0.2) is 4.98 Å². The largest absolute Gasteiger partial charge is 0.421 e. The number of nitrogens with zero attached hydrogens (tertiary/aromatic N) is 5. The van der Waals surface area contributed by atoms with Gasteiger partial charge in [0.05, 0.1) is 11.0 Å². The molecule has 1 saturated carbocycles. The average Bonchev–Trinajstić information content (AvgIpc) is 3.32. The normalized spacial score (nSPS) is 15.4. The van der Waals surface area contributed by atoms with Crippen LogP contribution in [0.3, 0.4) is 0 Å². The summed E-state index contributed by atoms with van der Waals surface area (Å²) >= 11 is 0. The van der Waals surface area contributed by atoms with E-state index < -0.39 is 0 Å². The zero-order valence-electron chi connectivity index (χ0n) is 15.3. The monoisotopic (exact) mass is 359 g/mol. The summed E-state index contributed by atoms with van der Waals surface area (Å²) in [6.45, 7) is 1.80. The van der Waals surface area contributed by atoms with Gasteiger partial charge in [0.1, 0.15) is 5.82 Å². The van der Waals surface area contributed by atoms with E-state index in [0.29, 0.717) is 17.8 Å². The molecule has 1 fully saturated rings. The molecule has 4 aromatic rings. The third-order valence-electron chi connectivity index (χ3n) is 5.34. The van der Waals surface area contributed by atoms with Crippen molar-refractivity contribution in [3.8, 4) is 22.8 Å². The number of aryl methyl sites for hydroxylation is 1. The van der Waals surface area contributed by atoms with Crippen LogP contribution in [0.4, 0.5) is 0 Å². The van der Waals surface area contributed by atoms with Gasteiger partial charge < -0.3 is 8.98 Å². The summed E-state index contributed by atoms with van der Waals surface area (Å²) in [6, 6.07) is 10.8. The van der Waals surface area contributed by atoms with Crippen LogP contribution in [-0.2, 0) is 0 Å². The standard InChI is InChI=1S/C21H21N5O/c1-14-24-25-21(27-14)16-7-8-19-18(13-16)23-20(15-9-11-22-12-10-15)26(19)17-5-3-2-4-6-17/h7-13,17H,2-6H2,1H3. The number of fused-ring (bicyclic) bond motifs is 1. The zero-order chi connectivity index (χ0) is 18.2. The predicted octanol–water partition coefficient (Wildman–Crippen LogP) is 4.96. The van der Waals surface area contributed by atoms with Crippen molar-refractivity contribution in [2.24, 2.45) is 0 Å². The number of hydrogen-bond acceptors (Lipinski definition) is 5. The Labute approximate surface area is 157 Å². The highest BCUT2D eigenvalue weighted by Gasteiger charge is 2.23. The molecule has 6 nitrogen and oxygen atoms in total. The van der Waals surface area contributed by atoms with Crippen molar-refractivity contribution in [3.05, 3.63) is 48.6 Å². The fourth-order valence-corrected chi connectivity index (χ4v) is 4.06. The smallest absolute Gasteiger partial charge is 0.247 e. The molecule has 3 heterocycles. The molecule has 0 spiro atoms. The number of benzene rings is 1. The van der Waals surface area contributed by atoms with Crippen LogP contribution in [0.2, 0.25) is 0 Å². The fourth-order valence-electron chi connectivity index (χ4n) is 4.06. The number of hydrogen-bond donors (Lipinski definition) is 0. The van der Waals surface area contributed by atoms with E-state index in [4.69, 9.17) is 9.40 Å². The number of pyridine rings is 1. The molecule has 0 saturated heterocycles. The van der Waals surface area contributed by atoms with Gasteiger partial charge in [-0.1, -0.05) is 19.3 Å². The van der Waals surface area contributed by atoms with Crippen LogP contribution in [0.1, 0.15) is 44.0 Å². The van der Waals surface area contributed by atoms with Crippen molar-refractivity contribution in [1.82, 2.24) is 24.7 Å². The summed E-state index contributed by atoms with van der Waals surface area (Å²) in [5, 5.41) is 8.08. The fraction of sp³-hybridized carbons (Fsp3) is 0.333. The maximum Gasteiger partial charge on any atom is 0.247 e. The highest BCUT2D eigenvalue weighted by Crippen LogP contribution is 2.36. The van der Waals surface area contributed by atoms with E-state index in [0.717, 1.165) is 28.0 Å². The van der Waals surface area contributed by atoms with E-state index >= 15 is 0 Å². The molecular formula is C21H21N5O. The van der Waals surface area contributed by atoms with Crippen molar-refractivity contribution in [2.45, 2.75) is 45.1 Å². The molecule has 1 aromatic carbocycles. The van der Waals surface area contributed by atoms with Gasteiger partial charge in [-0.2, -0.15) is 0 Å². The maximum atomic E-state index is 5.59. The van der Waals surface area contributed by atoms with Crippen molar-refractivity contribution in [2.75, 3.05) is 0 Å². The first-order valence-electron chi connectivity index (χ1n) is 9.52. The molecule has 0 N–H and O–H groups in total. The van der Waals surface area contributed by atoms with E-state index in [1.807, 2.05) is 36.7 Å². The first kappa shape index (κ1) is 16.2.